The summed E-state index contributed by atoms with van der Waals surface area (Å²) in [4.78, 5) is 2.22. The highest BCUT2D eigenvalue weighted by molar-refractivity contribution is 7.58. The van der Waals surface area contributed by atoms with Crippen LogP contribution in [0.4, 0.5) is 0 Å². The lowest BCUT2D eigenvalue weighted by molar-refractivity contribution is 0.381. The SMILES string of the molecule is CN(C)CCCCCCN(C)P(C)(=O)N(C)C. The number of hydrogen-bond donors (Lipinski definition) is 0. The van der Waals surface area contributed by atoms with E-state index in [9.17, 15) is 4.57 Å². The molecule has 0 radical (unpaired) electrons. The minimum absolute atomic E-state index is 0.925. The third-order valence-corrected chi connectivity index (χ3v) is 6.16. The van der Waals surface area contributed by atoms with Crippen LogP contribution in [0.2, 0.25) is 0 Å². The molecule has 0 aromatic rings. The lowest BCUT2D eigenvalue weighted by Crippen LogP contribution is -2.24. The first-order valence-electron chi connectivity index (χ1n) is 6.40. The molecule has 4 nitrogen and oxygen atoms in total. The van der Waals surface area contributed by atoms with Crippen LogP contribution in [0.15, 0.2) is 0 Å². The van der Waals surface area contributed by atoms with Gasteiger partial charge in [0.2, 0.25) is 7.44 Å². The Morgan fingerprint density at radius 2 is 1.29 bits per heavy atom. The van der Waals surface area contributed by atoms with Gasteiger partial charge in [-0.25, -0.2) is 9.34 Å². The van der Waals surface area contributed by atoms with Gasteiger partial charge in [0.15, 0.2) is 0 Å². The summed E-state index contributed by atoms with van der Waals surface area (Å²) in [6, 6.07) is 0. The van der Waals surface area contributed by atoms with Crippen LogP contribution in [0.1, 0.15) is 25.7 Å². The molecule has 0 aliphatic rings. The fourth-order valence-corrected chi connectivity index (χ4v) is 2.74. The number of nitrogens with zero attached hydrogens (tertiary/aromatic N) is 3. The average Bonchev–Trinajstić information content (AvgIpc) is 2.21. The van der Waals surface area contributed by atoms with Crippen molar-refractivity contribution in [1.29, 1.82) is 0 Å². The molecular formula is C12H30N3OP. The molecule has 0 saturated heterocycles. The molecule has 0 N–H and O–H groups in total. The molecule has 104 valence electrons. The van der Waals surface area contributed by atoms with Crippen LogP contribution in [-0.4, -0.2) is 69.2 Å². The van der Waals surface area contributed by atoms with Crippen LogP contribution in [0.25, 0.3) is 0 Å². The first-order chi connectivity index (χ1) is 7.78. The molecule has 0 aliphatic carbocycles. The predicted octanol–water partition coefficient (Wildman–Crippen LogP) is 2.42. The zero-order valence-corrected chi connectivity index (χ0v) is 13.3. The van der Waals surface area contributed by atoms with E-state index in [0.717, 1.165) is 13.0 Å². The van der Waals surface area contributed by atoms with Gasteiger partial charge in [-0.1, -0.05) is 12.8 Å². The fourth-order valence-electron chi connectivity index (χ4n) is 1.61. The zero-order chi connectivity index (χ0) is 13.5. The van der Waals surface area contributed by atoms with Crippen LogP contribution in [0.3, 0.4) is 0 Å². The fraction of sp³-hybridized carbons (Fsp3) is 1.00. The summed E-state index contributed by atoms with van der Waals surface area (Å²) in [6.07, 6.45) is 4.89. The largest absolute Gasteiger partial charge is 0.309 e. The van der Waals surface area contributed by atoms with E-state index in [4.69, 9.17) is 0 Å². The predicted molar refractivity (Wildman–Crippen MR) is 76.9 cm³/mol. The van der Waals surface area contributed by atoms with Gasteiger partial charge in [-0.3, -0.25) is 4.57 Å². The van der Waals surface area contributed by atoms with E-state index in [2.05, 4.69) is 19.0 Å². The van der Waals surface area contributed by atoms with E-state index < -0.39 is 7.44 Å². The quantitative estimate of drug-likeness (QED) is 0.471. The summed E-state index contributed by atoms with van der Waals surface area (Å²) in [7, 11) is 7.68. The standard InChI is InChI=1S/C12H30N3OP/c1-13(2)11-9-7-8-10-12-15(5)17(6,16)14(3)4/h7-12H2,1-6H3. The summed E-state index contributed by atoms with van der Waals surface area (Å²) < 4.78 is 16.1. The average molecular weight is 263 g/mol. The first kappa shape index (κ1) is 17.1. The molecule has 0 spiro atoms. The maximum atomic E-state index is 12.3. The second-order valence-electron chi connectivity index (χ2n) is 5.28. The maximum absolute atomic E-state index is 12.3. The molecule has 0 saturated carbocycles. The molecule has 0 rings (SSSR count). The van der Waals surface area contributed by atoms with Gasteiger partial charge in [0.05, 0.1) is 0 Å². The molecule has 1 unspecified atom stereocenters. The van der Waals surface area contributed by atoms with Crippen molar-refractivity contribution in [3.63, 3.8) is 0 Å². The Morgan fingerprint density at radius 1 is 0.824 bits per heavy atom. The van der Waals surface area contributed by atoms with Gasteiger partial charge in [0.25, 0.3) is 0 Å². The zero-order valence-electron chi connectivity index (χ0n) is 12.4. The minimum atomic E-state index is -2.27. The summed E-state index contributed by atoms with van der Waals surface area (Å²) in [5.41, 5.74) is 0. The van der Waals surface area contributed by atoms with Crippen LogP contribution < -0.4 is 0 Å². The highest BCUT2D eigenvalue weighted by Gasteiger charge is 2.23. The Kier molecular flexibility index (Phi) is 8.31. The van der Waals surface area contributed by atoms with Crippen LogP contribution in [-0.2, 0) is 4.57 Å². The van der Waals surface area contributed by atoms with Gasteiger partial charge in [-0.05, 0) is 54.6 Å². The first-order valence-corrected chi connectivity index (χ1v) is 8.46. The van der Waals surface area contributed by atoms with E-state index in [1.54, 1.807) is 0 Å². The lowest BCUT2D eigenvalue weighted by Gasteiger charge is -2.30. The maximum Gasteiger partial charge on any atom is 0.212 e. The molecule has 17 heavy (non-hydrogen) atoms. The van der Waals surface area contributed by atoms with Crippen molar-refractivity contribution in [1.82, 2.24) is 14.2 Å². The summed E-state index contributed by atoms with van der Waals surface area (Å²) in [5.74, 6) is 0. The van der Waals surface area contributed by atoms with E-state index >= 15 is 0 Å². The Labute approximate surface area is 107 Å². The Morgan fingerprint density at radius 3 is 1.71 bits per heavy atom. The topological polar surface area (TPSA) is 26.8 Å². The van der Waals surface area contributed by atoms with E-state index in [0.29, 0.717) is 0 Å². The summed E-state index contributed by atoms with van der Waals surface area (Å²) in [6.45, 7) is 3.92. The van der Waals surface area contributed by atoms with Gasteiger partial charge in [0.1, 0.15) is 0 Å². The molecular weight excluding hydrogens is 233 g/mol. The Balaban J connectivity index is 3.65. The minimum Gasteiger partial charge on any atom is -0.309 e. The molecule has 0 fully saturated rings. The summed E-state index contributed by atoms with van der Waals surface area (Å²) in [5, 5.41) is 0. The lowest BCUT2D eigenvalue weighted by atomic mass is 10.2. The molecule has 0 amide bonds. The molecule has 0 bridgehead atoms. The van der Waals surface area contributed by atoms with Crippen LogP contribution >= 0.6 is 7.44 Å². The van der Waals surface area contributed by atoms with Gasteiger partial charge in [-0.2, -0.15) is 0 Å². The highest BCUT2D eigenvalue weighted by atomic mass is 31.2. The second-order valence-corrected chi connectivity index (χ2v) is 8.43. The molecule has 0 heterocycles. The monoisotopic (exact) mass is 263 g/mol. The van der Waals surface area contributed by atoms with E-state index in [1.165, 1.54) is 25.8 Å². The van der Waals surface area contributed by atoms with Gasteiger partial charge in [-0.15, -0.1) is 0 Å². The molecule has 5 heteroatoms. The Bertz CT molecular complexity index is 244. The van der Waals surface area contributed by atoms with Crippen molar-refractivity contribution < 1.29 is 4.57 Å². The van der Waals surface area contributed by atoms with Gasteiger partial charge < -0.3 is 4.90 Å². The normalized spacial score (nSPS) is 15.8. The van der Waals surface area contributed by atoms with Crippen LogP contribution in [0, 0.1) is 0 Å². The molecule has 1 atom stereocenters. The van der Waals surface area contributed by atoms with E-state index in [1.807, 2.05) is 37.1 Å². The molecule has 0 aromatic heterocycles. The Hall–Kier alpha value is 0.110. The van der Waals surface area contributed by atoms with Crippen molar-refractivity contribution in [2.75, 3.05) is 55.0 Å². The van der Waals surface area contributed by atoms with E-state index in [-0.39, 0.29) is 0 Å². The van der Waals surface area contributed by atoms with Crippen molar-refractivity contribution in [2.45, 2.75) is 25.7 Å². The third-order valence-electron chi connectivity index (χ3n) is 3.21. The molecule has 0 aromatic carbocycles. The van der Waals surface area contributed by atoms with Gasteiger partial charge >= 0.3 is 0 Å². The smallest absolute Gasteiger partial charge is 0.212 e. The van der Waals surface area contributed by atoms with Gasteiger partial charge in [0, 0.05) is 13.2 Å². The van der Waals surface area contributed by atoms with Crippen molar-refractivity contribution in [3.8, 4) is 0 Å². The van der Waals surface area contributed by atoms with Crippen molar-refractivity contribution in [2.24, 2.45) is 0 Å². The van der Waals surface area contributed by atoms with Crippen molar-refractivity contribution >= 4 is 7.44 Å². The van der Waals surface area contributed by atoms with Crippen LogP contribution in [0.5, 0.6) is 0 Å². The third kappa shape index (κ3) is 7.20. The summed E-state index contributed by atoms with van der Waals surface area (Å²) >= 11 is 0. The second kappa shape index (κ2) is 8.25. The molecule has 0 aliphatic heterocycles. The van der Waals surface area contributed by atoms with Crippen molar-refractivity contribution in [3.05, 3.63) is 0 Å². The number of hydrogen-bond acceptors (Lipinski definition) is 2. The number of unbranched alkanes of at least 4 members (excludes halogenated alkanes) is 3. The highest BCUT2D eigenvalue weighted by Crippen LogP contribution is 2.46. The number of rotatable bonds is 9.